The number of nitrogens with one attached hydrogen (secondary N) is 2. The molecule has 0 aromatic rings. The Hall–Kier alpha value is -1.14. The van der Waals surface area contributed by atoms with Crippen LogP contribution in [0.15, 0.2) is 0 Å². The molecular weight excluding hydrogens is 198 g/mol. The summed E-state index contributed by atoms with van der Waals surface area (Å²) in [5.41, 5.74) is 5.18. The van der Waals surface area contributed by atoms with Crippen LogP contribution >= 0.6 is 0 Å². The Kier molecular flexibility index (Phi) is 7.57. The summed E-state index contributed by atoms with van der Waals surface area (Å²) in [5, 5.41) is 4.88. The quantitative estimate of drug-likeness (QED) is 0.470. The molecule has 0 spiro atoms. The molecule has 0 aromatic carbocycles. The zero-order valence-corrected chi connectivity index (χ0v) is 9.21. The van der Waals surface area contributed by atoms with Crippen molar-refractivity contribution in [1.82, 2.24) is 10.6 Å². The Balaban J connectivity index is 3.68. The second-order valence-electron chi connectivity index (χ2n) is 3.32. The Morgan fingerprint density at radius 1 is 1.33 bits per heavy atom. The van der Waals surface area contributed by atoms with E-state index in [1.165, 1.54) is 0 Å². The Morgan fingerprint density at radius 3 is 2.47 bits per heavy atom. The molecule has 0 bridgehead atoms. The van der Waals surface area contributed by atoms with Gasteiger partial charge in [0.2, 0.25) is 0 Å². The maximum absolute atomic E-state index is 11.2. The lowest BCUT2D eigenvalue weighted by Gasteiger charge is -2.11. The number of methoxy groups -OCH3 is 1. The average molecular weight is 217 g/mol. The lowest BCUT2D eigenvalue weighted by Crippen LogP contribution is -2.43. The molecule has 0 heterocycles. The number of hydrogen-bond donors (Lipinski definition) is 3. The molecule has 88 valence electrons. The van der Waals surface area contributed by atoms with Crippen molar-refractivity contribution in [2.75, 3.05) is 33.4 Å². The second-order valence-corrected chi connectivity index (χ2v) is 3.32. The van der Waals surface area contributed by atoms with Crippen LogP contribution in [0, 0.1) is 5.92 Å². The molecule has 0 fully saturated rings. The molecule has 6 heteroatoms. The molecule has 0 aliphatic heterocycles. The Labute approximate surface area is 89.5 Å². The third kappa shape index (κ3) is 6.87. The molecule has 6 nitrogen and oxygen atoms in total. The van der Waals surface area contributed by atoms with Gasteiger partial charge in [-0.3, -0.25) is 9.59 Å². The predicted octanol–water partition coefficient (Wildman–Crippen LogP) is -1.54. The fraction of sp³-hybridized carbons (Fsp3) is 0.778. The van der Waals surface area contributed by atoms with Gasteiger partial charge in [-0.05, 0) is 5.92 Å². The van der Waals surface area contributed by atoms with E-state index < -0.39 is 11.8 Å². The third-order valence-corrected chi connectivity index (χ3v) is 1.70. The number of ether oxygens (including phenoxy) is 1. The summed E-state index contributed by atoms with van der Waals surface area (Å²) in [6.07, 6.45) is 0. The lowest BCUT2D eigenvalue weighted by molar-refractivity contribution is -0.139. The number of carbonyl (C=O) groups is 2. The zero-order chi connectivity index (χ0) is 11.7. The highest BCUT2D eigenvalue weighted by Gasteiger charge is 2.12. The van der Waals surface area contributed by atoms with E-state index in [0.29, 0.717) is 26.2 Å². The van der Waals surface area contributed by atoms with E-state index in [1.54, 1.807) is 7.11 Å². The topological polar surface area (TPSA) is 93.4 Å². The summed E-state index contributed by atoms with van der Waals surface area (Å²) in [6.45, 7) is 3.51. The highest BCUT2D eigenvalue weighted by Crippen LogP contribution is 1.91. The molecule has 0 saturated heterocycles. The zero-order valence-electron chi connectivity index (χ0n) is 9.21. The van der Waals surface area contributed by atoms with Gasteiger partial charge < -0.3 is 21.1 Å². The summed E-state index contributed by atoms with van der Waals surface area (Å²) in [6, 6.07) is 0. The van der Waals surface area contributed by atoms with E-state index in [9.17, 15) is 9.59 Å². The largest absolute Gasteiger partial charge is 0.384 e. The third-order valence-electron chi connectivity index (χ3n) is 1.70. The fourth-order valence-corrected chi connectivity index (χ4v) is 0.957. The van der Waals surface area contributed by atoms with Crippen molar-refractivity contribution in [2.24, 2.45) is 11.7 Å². The number of amides is 2. The highest BCUT2D eigenvalue weighted by molar-refractivity contribution is 6.35. The first-order valence-corrected chi connectivity index (χ1v) is 4.86. The van der Waals surface area contributed by atoms with E-state index in [-0.39, 0.29) is 5.92 Å². The molecule has 1 unspecified atom stereocenters. The summed E-state index contributed by atoms with van der Waals surface area (Å²) < 4.78 is 4.89. The minimum Gasteiger partial charge on any atom is -0.384 e. The molecule has 1 atom stereocenters. The number of carbonyl (C=O) groups excluding carboxylic acids is 2. The van der Waals surface area contributed by atoms with Gasteiger partial charge in [0.15, 0.2) is 0 Å². The standard InChI is InChI=1S/C9H19N3O3/c1-7(6-15-2)5-12-9(14)8(13)11-4-3-10/h7H,3-6,10H2,1-2H3,(H,11,13)(H,12,14). The number of nitrogens with two attached hydrogens (primary N) is 1. The molecule has 4 N–H and O–H groups in total. The predicted molar refractivity (Wildman–Crippen MR) is 56.1 cm³/mol. The van der Waals surface area contributed by atoms with E-state index in [4.69, 9.17) is 10.5 Å². The minimum absolute atomic E-state index is 0.182. The smallest absolute Gasteiger partial charge is 0.309 e. The Bertz CT molecular complexity index is 209. The SMILES string of the molecule is COCC(C)CNC(=O)C(=O)NCCN. The summed E-state index contributed by atoms with van der Waals surface area (Å²) in [7, 11) is 1.59. The van der Waals surface area contributed by atoms with Gasteiger partial charge in [0.1, 0.15) is 0 Å². The van der Waals surface area contributed by atoms with Gasteiger partial charge in [-0.1, -0.05) is 6.92 Å². The van der Waals surface area contributed by atoms with Crippen molar-refractivity contribution in [1.29, 1.82) is 0 Å². The van der Waals surface area contributed by atoms with Crippen molar-refractivity contribution in [3.05, 3.63) is 0 Å². The van der Waals surface area contributed by atoms with Gasteiger partial charge >= 0.3 is 11.8 Å². The minimum atomic E-state index is -0.648. The summed E-state index contributed by atoms with van der Waals surface area (Å²) in [5.74, 6) is -1.10. The molecule has 0 radical (unpaired) electrons. The van der Waals surface area contributed by atoms with Crippen molar-refractivity contribution in [2.45, 2.75) is 6.92 Å². The molecule has 0 rings (SSSR count). The molecule has 0 aliphatic carbocycles. The first-order chi connectivity index (χ1) is 7.11. The van der Waals surface area contributed by atoms with Gasteiger partial charge in [0, 0.05) is 26.7 Å². The van der Waals surface area contributed by atoms with Crippen molar-refractivity contribution in [3.63, 3.8) is 0 Å². The first kappa shape index (κ1) is 13.9. The average Bonchev–Trinajstić information content (AvgIpc) is 2.22. The van der Waals surface area contributed by atoms with Gasteiger partial charge in [0.05, 0.1) is 6.61 Å². The van der Waals surface area contributed by atoms with Crippen molar-refractivity contribution in [3.8, 4) is 0 Å². The number of hydrogen-bond acceptors (Lipinski definition) is 4. The number of rotatable bonds is 6. The van der Waals surface area contributed by atoms with Gasteiger partial charge in [-0.25, -0.2) is 0 Å². The molecule has 15 heavy (non-hydrogen) atoms. The van der Waals surface area contributed by atoms with E-state index >= 15 is 0 Å². The second kappa shape index (κ2) is 8.19. The maximum Gasteiger partial charge on any atom is 0.309 e. The van der Waals surface area contributed by atoms with Crippen LogP contribution < -0.4 is 16.4 Å². The summed E-state index contributed by atoms with van der Waals surface area (Å²) in [4.78, 5) is 22.2. The van der Waals surface area contributed by atoms with Crippen molar-refractivity contribution < 1.29 is 14.3 Å². The lowest BCUT2D eigenvalue weighted by atomic mass is 10.2. The van der Waals surface area contributed by atoms with E-state index in [2.05, 4.69) is 10.6 Å². The van der Waals surface area contributed by atoms with E-state index in [1.807, 2.05) is 6.92 Å². The van der Waals surface area contributed by atoms with Crippen LogP contribution in [-0.4, -0.2) is 45.2 Å². The Morgan fingerprint density at radius 2 is 1.93 bits per heavy atom. The van der Waals surface area contributed by atoms with Gasteiger partial charge in [0.25, 0.3) is 0 Å². The molecular formula is C9H19N3O3. The normalized spacial score (nSPS) is 11.9. The van der Waals surface area contributed by atoms with Crippen LogP contribution in [0.3, 0.4) is 0 Å². The van der Waals surface area contributed by atoms with Crippen LogP contribution in [0.25, 0.3) is 0 Å². The van der Waals surface area contributed by atoms with Gasteiger partial charge in [-0.2, -0.15) is 0 Å². The first-order valence-electron chi connectivity index (χ1n) is 4.86. The molecule has 2 amide bonds. The highest BCUT2D eigenvalue weighted by atomic mass is 16.5. The monoisotopic (exact) mass is 217 g/mol. The van der Waals surface area contributed by atoms with E-state index in [0.717, 1.165) is 0 Å². The van der Waals surface area contributed by atoms with Gasteiger partial charge in [-0.15, -0.1) is 0 Å². The van der Waals surface area contributed by atoms with Crippen molar-refractivity contribution >= 4 is 11.8 Å². The van der Waals surface area contributed by atoms with Crippen LogP contribution in [0.4, 0.5) is 0 Å². The van der Waals surface area contributed by atoms with Crippen LogP contribution in [0.5, 0.6) is 0 Å². The van der Waals surface area contributed by atoms with Crippen LogP contribution in [0.1, 0.15) is 6.92 Å². The molecule has 0 aromatic heterocycles. The molecule has 0 aliphatic rings. The molecule has 0 saturated carbocycles. The maximum atomic E-state index is 11.2. The van der Waals surface area contributed by atoms with Crippen LogP contribution in [0.2, 0.25) is 0 Å². The fourth-order valence-electron chi connectivity index (χ4n) is 0.957. The summed E-state index contributed by atoms with van der Waals surface area (Å²) >= 11 is 0. The van der Waals surface area contributed by atoms with Crippen LogP contribution in [-0.2, 0) is 14.3 Å².